The van der Waals surface area contributed by atoms with Gasteiger partial charge in [-0.05, 0) is 55.7 Å². The third kappa shape index (κ3) is 5.12. The van der Waals surface area contributed by atoms with Gasteiger partial charge in [-0.1, -0.05) is 19.1 Å². The molecule has 3 amide bonds. The van der Waals surface area contributed by atoms with Gasteiger partial charge in [0.25, 0.3) is 5.91 Å². The van der Waals surface area contributed by atoms with Crippen molar-refractivity contribution in [2.24, 2.45) is 17.3 Å². The molecule has 4 unspecified atom stereocenters. The summed E-state index contributed by atoms with van der Waals surface area (Å²) >= 11 is 0. The van der Waals surface area contributed by atoms with E-state index < -0.39 is 6.17 Å². The van der Waals surface area contributed by atoms with Gasteiger partial charge < -0.3 is 10.2 Å². The molecule has 8 rings (SSSR count). The first-order valence-corrected chi connectivity index (χ1v) is 16.2. The number of anilines is 2. The lowest BCUT2D eigenvalue weighted by molar-refractivity contribution is -0.134. The van der Waals surface area contributed by atoms with Crippen LogP contribution in [0.25, 0.3) is 0 Å². The molecule has 4 fully saturated rings. The number of hydrogen-bond acceptors (Lipinski definition) is 7. The number of piperidine rings is 2. The van der Waals surface area contributed by atoms with Gasteiger partial charge in [0, 0.05) is 73.6 Å². The summed E-state index contributed by atoms with van der Waals surface area (Å²) in [4.78, 5) is 41.6. The molecule has 11 nitrogen and oxygen atoms in total. The Kier molecular flexibility index (Phi) is 6.81. The minimum Gasteiger partial charge on any atom is -0.372 e. The van der Waals surface area contributed by atoms with Crippen molar-refractivity contribution in [1.29, 1.82) is 0 Å². The van der Waals surface area contributed by atoms with Crippen molar-refractivity contribution in [3.8, 4) is 0 Å². The molecule has 12 heteroatoms. The third-order valence-electron chi connectivity index (χ3n) is 11.1. The highest BCUT2D eigenvalue weighted by atomic mass is 19.1. The number of H-pyrrole nitrogens is 1. The highest BCUT2D eigenvalue weighted by Crippen LogP contribution is 2.61. The Balaban J connectivity index is 0.785. The number of amides is 3. The largest absolute Gasteiger partial charge is 0.372 e. The van der Waals surface area contributed by atoms with Gasteiger partial charge in [-0.25, -0.2) is 4.39 Å². The van der Waals surface area contributed by atoms with E-state index in [1.54, 1.807) is 6.20 Å². The average molecular weight is 615 g/mol. The van der Waals surface area contributed by atoms with E-state index >= 15 is 0 Å². The Morgan fingerprint density at radius 3 is 2.67 bits per heavy atom. The van der Waals surface area contributed by atoms with Crippen molar-refractivity contribution >= 4 is 29.1 Å². The number of benzene rings is 1. The molecule has 5 heterocycles. The molecule has 45 heavy (non-hydrogen) atoms. The second-order valence-electron chi connectivity index (χ2n) is 14.0. The number of aromatic amines is 1. The standard InChI is InChI=1S/C33H39FN8O3/c1-33-13-27-25(12-26(33)30(33)34)29(39-38-27)32(45)36-21-14-35-42(16-21)23-17-40(18-23)15-19-8-10-41(11-9-19)22-4-2-20(3-5-22)24-6-7-28(43)37-31(24)44/h2-5,14,16,19,23-24,26,30H,6-13,15,17-18H2,1H3,(H,36,45)(H,38,39)(H,37,43,44). The number of carbonyl (C=O) groups excluding carboxylic acids is 3. The predicted molar refractivity (Wildman–Crippen MR) is 165 cm³/mol. The second-order valence-corrected chi connectivity index (χ2v) is 14.0. The number of carbonyl (C=O) groups is 3. The number of hydrogen-bond donors (Lipinski definition) is 3. The molecule has 3 aliphatic heterocycles. The molecule has 3 aromatic rings. The second kappa shape index (κ2) is 10.8. The van der Waals surface area contributed by atoms with E-state index in [1.165, 1.54) is 5.69 Å². The smallest absolute Gasteiger partial charge is 0.276 e. The molecule has 3 N–H and O–H groups in total. The van der Waals surface area contributed by atoms with Crippen LogP contribution in [0.4, 0.5) is 15.8 Å². The summed E-state index contributed by atoms with van der Waals surface area (Å²) < 4.78 is 16.2. The predicted octanol–water partition coefficient (Wildman–Crippen LogP) is 3.22. The van der Waals surface area contributed by atoms with E-state index in [4.69, 9.17) is 0 Å². The average Bonchev–Trinajstić information content (AvgIpc) is 3.36. The highest BCUT2D eigenvalue weighted by Gasteiger charge is 2.64. The van der Waals surface area contributed by atoms with Crippen molar-refractivity contribution in [3.63, 3.8) is 0 Å². The third-order valence-corrected chi connectivity index (χ3v) is 11.1. The maximum atomic E-state index is 14.3. The van der Waals surface area contributed by atoms with Crippen LogP contribution in [0, 0.1) is 17.3 Å². The van der Waals surface area contributed by atoms with Crippen LogP contribution >= 0.6 is 0 Å². The molecule has 1 aromatic carbocycles. The minimum atomic E-state index is -0.805. The van der Waals surface area contributed by atoms with Crippen molar-refractivity contribution < 1.29 is 18.8 Å². The normalized spacial score (nSPS) is 28.7. The number of halogens is 1. The van der Waals surface area contributed by atoms with Gasteiger partial charge in [-0.15, -0.1) is 0 Å². The highest BCUT2D eigenvalue weighted by molar-refractivity contribution is 6.04. The van der Waals surface area contributed by atoms with Crippen molar-refractivity contribution in [3.05, 3.63) is 59.2 Å². The number of fused-ring (bicyclic) bond motifs is 2. The molecule has 0 bridgehead atoms. The summed E-state index contributed by atoms with van der Waals surface area (Å²) in [5.74, 6) is -0.269. The molecule has 4 atom stereocenters. The number of likely N-dealkylation sites (tertiary alicyclic amines) is 1. The van der Waals surface area contributed by atoms with Crippen LogP contribution in [0.3, 0.4) is 0 Å². The summed E-state index contributed by atoms with van der Waals surface area (Å²) in [6, 6.07) is 8.55. The number of rotatable bonds is 7. The fourth-order valence-corrected chi connectivity index (χ4v) is 8.04. The summed E-state index contributed by atoms with van der Waals surface area (Å²) in [5, 5.41) is 17.1. The molecule has 0 spiro atoms. The summed E-state index contributed by atoms with van der Waals surface area (Å²) in [6.45, 7) is 6.95. The number of alkyl halides is 1. The van der Waals surface area contributed by atoms with Crippen molar-refractivity contribution in [1.82, 2.24) is 30.2 Å². The van der Waals surface area contributed by atoms with Gasteiger partial charge in [0.1, 0.15) is 6.17 Å². The van der Waals surface area contributed by atoms with E-state index in [1.807, 2.05) is 29.9 Å². The van der Waals surface area contributed by atoms with Gasteiger partial charge >= 0.3 is 0 Å². The van der Waals surface area contributed by atoms with Gasteiger partial charge in [0.05, 0.1) is 23.8 Å². The van der Waals surface area contributed by atoms with Gasteiger partial charge in [0.15, 0.2) is 5.69 Å². The van der Waals surface area contributed by atoms with Gasteiger partial charge in [-0.3, -0.25) is 34.4 Å². The zero-order chi connectivity index (χ0) is 30.9. The first kappa shape index (κ1) is 28.4. The quantitative estimate of drug-likeness (QED) is 0.349. The van der Waals surface area contributed by atoms with Crippen LogP contribution in [0.1, 0.15) is 71.9 Å². The Labute approximate surface area is 260 Å². The van der Waals surface area contributed by atoms with E-state index in [0.29, 0.717) is 43.0 Å². The van der Waals surface area contributed by atoms with Crippen LogP contribution in [0.15, 0.2) is 36.7 Å². The summed E-state index contributed by atoms with van der Waals surface area (Å²) in [7, 11) is 0. The fraction of sp³-hybridized carbons (Fsp3) is 0.545. The first-order chi connectivity index (χ1) is 21.7. The van der Waals surface area contributed by atoms with Crippen LogP contribution in [-0.2, 0) is 22.4 Å². The minimum absolute atomic E-state index is 0.0167. The zero-order valence-electron chi connectivity index (χ0n) is 25.5. The van der Waals surface area contributed by atoms with Crippen LogP contribution in [-0.4, -0.2) is 81.5 Å². The van der Waals surface area contributed by atoms with Gasteiger partial charge in [0.2, 0.25) is 11.8 Å². The fourth-order valence-electron chi connectivity index (χ4n) is 8.04. The number of nitrogens with one attached hydrogen (secondary N) is 3. The molecule has 2 aliphatic carbocycles. The maximum Gasteiger partial charge on any atom is 0.276 e. The van der Waals surface area contributed by atoms with E-state index in [2.05, 4.69) is 47.9 Å². The Morgan fingerprint density at radius 2 is 1.91 bits per heavy atom. The number of nitrogens with zero attached hydrogens (tertiary/aromatic N) is 5. The lowest BCUT2D eigenvalue weighted by atomic mass is 9.87. The first-order valence-electron chi connectivity index (χ1n) is 16.2. The number of aromatic nitrogens is 4. The zero-order valence-corrected chi connectivity index (χ0v) is 25.5. The van der Waals surface area contributed by atoms with E-state index in [0.717, 1.165) is 62.4 Å². The molecule has 236 valence electrons. The molecule has 0 radical (unpaired) electrons. The molecule has 2 aromatic heterocycles. The van der Waals surface area contributed by atoms with Gasteiger partial charge in [-0.2, -0.15) is 10.2 Å². The van der Waals surface area contributed by atoms with Crippen LogP contribution < -0.4 is 15.5 Å². The van der Waals surface area contributed by atoms with E-state index in [9.17, 15) is 18.8 Å². The lowest BCUT2D eigenvalue weighted by Crippen LogP contribution is -2.50. The lowest BCUT2D eigenvalue weighted by Gasteiger charge is -2.43. The van der Waals surface area contributed by atoms with Crippen molar-refractivity contribution in [2.75, 3.05) is 42.9 Å². The maximum absolute atomic E-state index is 14.3. The van der Waals surface area contributed by atoms with Crippen molar-refractivity contribution in [2.45, 2.75) is 63.6 Å². The molecular weight excluding hydrogens is 575 g/mol. The monoisotopic (exact) mass is 614 g/mol. The summed E-state index contributed by atoms with van der Waals surface area (Å²) in [6.07, 6.45) is 7.16. The Bertz CT molecular complexity index is 1640. The van der Waals surface area contributed by atoms with Crippen LogP contribution in [0.2, 0.25) is 0 Å². The number of imide groups is 1. The molecular formula is C33H39FN8O3. The molecule has 1 saturated carbocycles. The SMILES string of the molecule is CC12Cc3[nH]nc(C(=O)Nc4cnn(C5CN(CC6CCN(c7ccc(C8CCC(=O)NC8=O)cc7)CC6)C5)c4)c3CC1C2F. The molecule has 3 saturated heterocycles. The molecule has 5 aliphatic rings. The van der Waals surface area contributed by atoms with E-state index in [-0.39, 0.29) is 41.0 Å². The summed E-state index contributed by atoms with van der Waals surface area (Å²) in [5.41, 5.74) is 4.59. The van der Waals surface area contributed by atoms with Crippen LogP contribution in [0.5, 0.6) is 0 Å². The Hall–Kier alpha value is -4.06. The topological polar surface area (TPSA) is 128 Å². The Morgan fingerprint density at radius 1 is 1.13 bits per heavy atom.